The van der Waals surface area contributed by atoms with E-state index < -0.39 is 0 Å². The summed E-state index contributed by atoms with van der Waals surface area (Å²) < 4.78 is 8.63. The van der Waals surface area contributed by atoms with Crippen molar-refractivity contribution in [3.8, 4) is 5.75 Å². The third-order valence-corrected chi connectivity index (χ3v) is 8.34. The number of aliphatic hydroxyl groups is 2. The fourth-order valence-corrected chi connectivity index (χ4v) is 5.72. The van der Waals surface area contributed by atoms with E-state index in [-0.39, 0.29) is 19.0 Å². The number of imidazole rings is 1. The quantitative estimate of drug-likeness (QED) is 0.0659. The molecule has 51 heavy (non-hydrogen) atoms. The summed E-state index contributed by atoms with van der Waals surface area (Å²) in [7, 11) is 0. The molecule has 0 atom stereocenters. The molecule has 0 unspecified atom stereocenters. The fraction of sp³-hybridized carbons (Fsp3) is 0.342. The lowest BCUT2D eigenvalue weighted by molar-refractivity contribution is -0.726. The van der Waals surface area contributed by atoms with Crippen LogP contribution in [0.5, 0.6) is 5.75 Å². The summed E-state index contributed by atoms with van der Waals surface area (Å²) in [6.45, 7) is 9.13. The summed E-state index contributed by atoms with van der Waals surface area (Å²) in [5.74, 6) is 0.877. The monoisotopic (exact) mass is 693 g/mol. The number of azo groups is 2. The summed E-state index contributed by atoms with van der Waals surface area (Å²) in [5, 5.41) is 49.9. The summed E-state index contributed by atoms with van der Waals surface area (Å²) in [4.78, 5) is 1.93. The molecule has 0 bridgehead atoms. The molecule has 0 saturated heterocycles. The van der Waals surface area contributed by atoms with Crippen molar-refractivity contribution in [2.75, 3.05) is 43.1 Å². The van der Waals surface area contributed by atoms with Crippen LogP contribution in [-0.2, 0) is 26.2 Å². The van der Waals surface area contributed by atoms with Gasteiger partial charge in [0.15, 0.2) is 18.9 Å². The standard InChI is InChI=1S/C38H48N10O3/c1-3-39-35-28-37(51)36(27-31(35)2)42-41-33-9-6-15-44(29-33)16-7-17-45-21-22-46(30-45)18-8-20-48-19-5-4-10-38(48)43-40-32-11-13-34(14-12-32)47(23-25-49)24-26-50/h4-6,9-15,19,21-22,27-30,49-50H,3,7-8,16-18,20,23-26H2,1-2H3,(H-,39,41,51)/q+2/p+1. The minimum Gasteiger partial charge on any atom is -0.506 e. The lowest BCUT2D eigenvalue weighted by Gasteiger charge is -2.22. The number of rotatable bonds is 19. The van der Waals surface area contributed by atoms with Crippen LogP contribution in [0.4, 0.5) is 34.3 Å². The topological polar surface area (TPSA) is 142 Å². The highest BCUT2D eigenvalue weighted by Gasteiger charge is 2.12. The Hall–Kier alpha value is -5.53. The van der Waals surface area contributed by atoms with E-state index in [0.29, 0.717) is 18.8 Å². The molecule has 266 valence electrons. The molecule has 0 aliphatic rings. The number of nitrogens with zero attached hydrogens (tertiary/aromatic N) is 9. The Morgan fingerprint density at radius 3 is 2.35 bits per heavy atom. The van der Waals surface area contributed by atoms with Gasteiger partial charge < -0.3 is 25.5 Å². The van der Waals surface area contributed by atoms with Crippen LogP contribution >= 0.6 is 0 Å². The number of nitrogens with one attached hydrogen (secondary N) is 1. The maximum Gasteiger partial charge on any atom is 0.350 e. The van der Waals surface area contributed by atoms with Crippen LogP contribution in [-0.4, -0.2) is 52.7 Å². The third-order valence-electron chi connectivity index (χ3n) is 8.34. The van der Waals surface area contributed by atoms with Gasteiger partial charge in [-0.15, -0.1) is 10.2 Å². The molecule has 0 amide bonds. The number of aryl methyl sites for hydroxylation is 5. The van der Waals surface area contributed by atoms with Crippen molar-refractivity contribution in [2.24, 2.45) is 20.5 Å². The first-order valence-electron chi connectivity index (χ1n) is 17.5. The molecule has 0 fully saturated rings. The number of pyridine rings is 2. The van der Waals surface area contributed by atoms with Crippen molar-refractivity contribution < 1.29 is 29.0 Å². The Labute approximate surface area is 299 Å². The van der Waals surface area contributed by atoms with Gasteiger partial charge in [-0.25, -0.2) is 18.3 Å². The number of anilines is 2. The lowest BCUT2D eigenvalue weighted by atomic mass is 10.1. The first-order valence-corrected chi connectivity index (χ1v) is 17.5. The average Bonchev–Trinajstić information content (AvgIpc) is 3.60. The molecular weight excluding hydrogens is 644 g/mol. The molecule has 2 aromatic carbocycles. The van der Waals surface area contributed by atoms with Crippen molar-refractivity contribution in [1.29, 1.82) is 0 Å². The van der Waals surface area contributed by atoms with E-state index in [1.165, 1.54) is 0 Å². The number of aromatic nitrogens is 4. The number of hydrogen-bond donors (Lipinski definition) is 4. The second-order valence-corrected chi connectivity index (χ2v) is 12.2. The van der Waals surface area contributed by atoms with Gasteiger partial charge in [0.1, 0.15) is 35.2 Å². The van der Waals surface area contributed by atoms with Gasteiger partial charge in [-0.1, -0.05) is 6.07 Å². The molecule has 0 saturated carbocycles. The van der Waals surface area contributed by atoms with Crippen LogP contribution in [0.15, 0.2) is 124 Å². The smallest absolute Gasteiger partial charge is 0.350 e. The highest BCUT2D eigenvalue weighted by atomic mass is 16.3. The fourth-order valence-electron chi connectivity index (χ4n) is 5.72. The van der Waals surface area contributed by atoms with Crippen LogP contribution in [0.25, 0.3) is 0 Å². The normalized spacial score (nSPS) is 11.5. The molecule has 4 N–H and O–H groups in total. The van der Waals surface area contributed by atoms with E-state index in [0.717, 1.165) is 79.7 Å². The summed E-state index contributed by atoms with van der Waals surface area (Å²) in [6.07, 6.45) is 14.3. The number of phenols is 1. The molecular formula is C38H49N10O3+3. The number of phenolic OH excluding ortho intramolecular Hbond substituents is 1. The van der Waals surface area contributed by atoms with Crippen molar-refractivity contribution in [3.63, 3.8) is 0 Å². The molecule has 13 nitrogen and oxygen atoms in total. The van der Waals surface area contributed by atoms with Crippen LogP contribution in [0.3, 0.4) is 0 Å². The molecule has 0 radical (unpaired) electrons. The summed E-state index contributed by atoms with van der Waals surface area (Å²) >= 11 is 0. The van der Waals surface area contributed by atoms with Crippen LogP contribution in [0.1, 0.15) is 25.3 Å². The van der Waals surface area contributed by atoms with Crippen molar-refractivity contribution in [1.82, 2.24) is 4.57 Å². The molecule has 5 aromatic rings. The van der Waals surface area contributed by atoms with E-state index in [2.05, 4.69) is 62.8 Å². The van der Waals surface area contributed by atoms with Crippen molar-refractivity contribution in [2.45, 2.75) is 52.9 Å². The highest BCUT2D eigenvalue weighted by Crippen LogP contribution is 2.33. The van der Waals surface area contributed by atoms with Crippen LogP contribution in [0.2, 0.25) is 0 Å². The Balaban J connectivity index is 1.08. The zero-order valence-electron chi connectivity index (χ0n) is 29.5. The Kier molecular flexibility index (Phi) is 13.7. The first kappa shape index (κ1) is 36.7. The van der Waals surface area contributed by atoms with E-state index in [1.54, 1.807) is 6.07 Å². The van der Waals surface area contributed by atoms with Crippen LogP contribution < -0.4 is 23.9 Å². The number of hydrogen-bond acceptors (Lipinski definition) is 9. The van der Waals surface area contributed by atoms with Gasteiger partial charge in [0, 0.05) is 62.0 Å². The second kappa shape index (κ2) is 19.0. The molecule has 0 aliphatic carbocycles. The molecule has 3 aromatic heterocycles. The van der Waals surface area contributed by atoms with E-state index in [1.807, 2.05) is 98.0 Å². The molecule has 13 heteroatoms. The van der Waals surface area contributed by atoms with Gasteiger partial charge in [-0.05, 0) is 67.0 Å². The summed E-state index contributed by atoms with van der Waals surface area (Å²) in [6, 6.07) is 20.9. The third kappa shape index (κ3) is 11.0. The maximum absolute atomic E-state index is 10.4. The number of aromatic hydroxyl groups is 1. The van der Waals surface area contributed by atoms with E-state index in [4.69, 9.17) is 0 Å². The number of aliphatic hydroxyl groups excluding tert-OH is 2. The average molecular weight is 694 g/mol. The zero-order chi connectivity index (χ0) is 35.8. The molecule has 0 spiro atoms. The van der Waals surface area contributed by atoms with E-state index in [9.17, 15) is 15.3 Å². The minimum absolute atomic E-state index is 0.0210. The molecule has 0 aliphatic heterocycles. The first-order chi connectivity index (χ1) is 24.9. The highest BCUT2D eigenvalue weighted by molar-refractivity contribution is 5.64. The van der Waals surface area contributed by atoms with E-state index >= 15 is 0 Å². The zero-order valence-corrected chi connectivity index (χ0v) is 29.5. The largest absolute Gasteiger partial charge is 0.506 e. The van der Waals surface area contributed by atoms with Crippen LogP contribution in [0, 0.1) is 6.92 Å². The molecule has 5 rings (SSSR count). The number of benzene rings is 2. The van der Waals surface area contributed by atoms with Gasteiger partial charge >= 0.3 is 5.82 Å². The van der Waals surface area contributed by atoms with Gasteiger partial charge in [-0.3, -0.25) is 0 Å². The Morgan fingerprint density at radius 2 is 1.57 bits per heavy atom. The lowest BCUT2D eigenvalue weighted by Crippen LogP contribution is -2.37. The van der Waals surface area contributed by atoms with Crippen molar-refractivity contribution >= 4 is 34.3 Å². The van der Waals surface area contributed by atoms with Gasteiger partial charge in [0.2, 0.25) is 6.33 Å². The summed E-state index contributed by atoms with van der Waals surface area (Å²) in [5.41, 5.74) is 4.71. The maximum atomic E-state index is 10.4. The predicted molar refractivity (Wildman–Crippen MR) is 195 cm³/mol. The Morgan fingerprint density at radius 1 is 0.784 bits per heavy atom. The Bertz CT molecular complexity index is 1890. The minimum atomic E-state index is 0.0210. The van der Waals surface area contributed by atoms with Gasteiger partial charge in [0.25, 0.3) is 0 Å². The van der Waals surface area contributed by atoms with Gasteiger partial charge in [-0.2, -0.15) is 0 Å². The van der Waals surface area contributed by atoms with Crippen molar-refractivity contribution in [3.05, 3.63) is 110 Å². The second-order valence-electron chi connectivity index (χ2n) is 12.2. The SMILES string of the molecule is CCNc1cc(O)c(/N=N/c2ccc[n+](CCC[n+]3ccn(CCC[n+]4ccccc4/N=N/c4ccc(N(CCO)CCO)cc4)c3)c2)cc1C. The molecule has 3 heterocycles. The van der Waals surface area contributed by atoms with Gasteiger partial charge in [0.05, 0.1) is 44.2 Å². The predicted octanol–water partition coefficient (Wildman–Crippen LogP) is 5.60.